The van der Waals surface area contributed by atoms with Gasteiger partial charge in [-0.1, -0.05) is 199 Å². The van der Waals surface area contributed by atoms with Crippen LogP contribution in [0.2, 0.25) is 0 Å². The van der Waals surface area contributed by atoms with Crippen LogP contribution in [0.1, 0.15) is 226 Å². The number of hydrogen-bond donors (Lipinski definition) is 3. The Morgan fingerprint density at radius 1 is 0.544 bits per heavy atom. The van der Waals surface area contributed by atoms with Gasteiger partial charge in [0, 0.05) is 13.0 Å². The van der Waals surface area contributed by atoms with Crippen LogP contribution in [0, 0.1) is 0 Å². The van der Waals surface area contributed by atoms with Crippen LogP contribution in [-0.4, -0.2) is 66.3 Å². The minimum absolute atomic E-state index is 0.0462. The summed E-state index contributed by atoms with van der Waals surface area (Å²) in [4.78, 5) is 22.6. The van der Waals surface area contributed by atoms with Crippen molar-refractivity contribution >= 4 is 13.8 Å². The fourth-order valence-corrected chi connectivity index (χ4v) is 7.53. The summed E-state index contributed by atoms with van der Waals surface area (Å²) in [6.07, 6.45) is 47.1. The molecular weight excluding hydrogens is 739 g/mol. The highest BCUT2D eigenvalue weighted by atomic mass is 31.2. The Morgan fingerprint density at radius 3 is 1.42 bits per heavy atom. The largest absolute Gasteiger partial charge is 0.472 e. The van der Waals surface area contributed by atoms with Crippen LogP contribution in [0.4, 0.5) is 0 Å². The molecule has 0 aromatic rings. The Labute approximate surface area is 351 Å². The minimum Gasteiger partial charge on any atom is -0.457 e. The lowest BCUT2D eigenvalue weighted by Gasteiger charge is -2.20. The first-order chi connectivity index (χ1) is 27.8. The number of aliphatic hydroxyl groups is 2. The Balaban J connectivity index is 4.11. The van der Waals surface area contributed by atoms with Gasteiger partial charge in [-0.3, -0.25) is 13.8 Å². The van der Waals surface area contributed by atoms with Crippen LogP contribution < -0.4 is 0 Å². The van der Waals surface area contributed by atoms with Gasteiger partial charge in [-0.2, -0.15) is 0 Å². The topological polar surface area (TPSA) is 132 Å². The van der Waals surface area contributed by atoms with Gasteiger partial charge in [0.2, 0.25) is 0 Å². The summed E-state index contributed by atoms with van der Waals surface area (Å²) in [6, 6.07) is 0. The van der Waals surface area contributed by atoms with Crippen molar-refractivity contribution in [2.24, 2.45) is 0 Å². The SMILES string of the molecule is CCCCCC/C=C\C/C=C\CCCCCCCCOCC(COP(=O)(O)OCC(O)CO)OC(=O)CCCCCCCCCCCCCCCCCCCCC. The number of phosphoric ester groups is 1. The fourth-order valence-electron chi connectivity index (χ4n) is 6.74. The van der Waals surface area contributed by atoms with Crippen LogP contribution >= 0.6 is 7.82 Å². The van der Waals surface area contributed by atoms with Gasteiger partial charge in [0.25, 0.3) is 0 Å². The van der Waals surface area contributed by atoms with Crippen LogP contribution in [0.5, 0.6) is 0 Å². The Hall–Kier alpha value is -1.06. The lowest BCUT2D eigenvalue weighted by atomic mass is 10.0. The predicted molar refractivity (Wildman–Crippen MR) is 238 cm³/mol. The molecule has 0 heterocycles. The molecule has 0 aliphatic rings. The lowest BCUT2D eigenvalue weighted by Crippen LogP contribution is -2.29. The molecule has 338 valence electrons. The van der Waals surface area contributed by atoms with Gasteiger partial charge in [0.1, 0.15) is 12.2 Å². The van der Waals surface area contributed by atoms with Crippen LogP contribution in [0.15, 0.2) is 24.3 Å². The van der Waals surface area contributed by atoms with Gasteiger partial charge in [-0.25, -0.2) is 4.57 Å². The van der Waals surface area contributed by atoms with Gasteiger partial charge >= 0.3 is 13.8 Å². The first kappa shape index (κ1) is 55.9. The van der Waals surface area contributed by atoms with Crippen molar-refractivity contribution < 1.29 is 43.0 Å². The molecule has 9 nitrogen and oxygen atoms in total. The number of unbranched alkanes of at least 4 members (excludes halogenated alkanes) is 28. The molecule has 3 unspecified atom stereocenters. The zero-order valence-corrected chi connectivity index (χ0v) is 38.0. The van der Waals surface area contributed by atoms with Crippen LogP contribution in [0.25, 0.3) is 0 Å². The van der Waals surface area contributed by atoms with E-state index in [1.807, 2.05) is 0 Å². The number of hydrogen-bond acceptors (Lipinski definition) is 8. The first-order valence-corrected chi connectivity index (χ1v) is 25.3. The molecule has 0 radical (unpaired) electrons. The number of phosphoric acid groups is 1. The predicted octanol–water partition coefficient (Wildman–Crippen LogP) is 13.4. The van der Waals surface area contributed by atoms with Crippen molar-refractivity contribution in [1.29, 1.82) is 0 Å². The Bertz CT molecular complexity index is 944. The number of carbonyl (C=O) groups excluding carboxylic acids is 1. The summed E-state index contributed by atoms with van der Waals surface area (Å²) in [7, 11) is -4.52. The molecule has 0 spiro atoms. The van der Waals surface area contributed by atoms with Crippen molar-refractivity contribution in [3.63, 3.8) is 0 Å². The van der Waals surface area contributed by atoms with E-state index in [0.717, 1.165) is 51.4 Å². The van der Waals surface area contributed by atoms with Gasteiger partial charge in [-0.05, 0) is 44.9 Å². The van der Waals surface area contributed by atoms with E-state index < -0.39 is 33.2 Å². The Morgan fingerprint density at radius 2 is 0.947 bits per heavy atom. The maximum Gasteiger partial charge on any atom is 0.472 e. The molecule has 3 atom stereocenters. The number of esters is 1. The Kier molecular flexibility index (Phi) is 43.7. The second kappa shape index (κ2) is 44.5. The number of allylic oxidation sites excluding steroid dienone is 4. The third-order valence-corrected chi connectivity index (χ3v) is 11.3. The molecule has 57 heavy (non-hydrogen) atoms. The maximum atomic E-state index is 12.7. The van der Waals surface area contributed by atoms with Crippen molar-refractivity contribution in [1.82, 2.24) is 0 Å². The summed E-state index contributed by atoms with van der Waals surface area (Å²) >= 11 is 0. The van der Waals surface area contributed by atoms with Crippen molar-refractivity contribution in [3.8, 4) is 0 Å². The molecule has 0 saturated carbocycles. The van der Waals surface area contributed by atoms with Gasteiger partial charge < -0.3 is 24.6 Å². The number of carbonyl (C=O) groups is 1. The second-order valence-electron chi connectivity index (χ2n) is 16.1. The molecule has 3 N–H and O–H groups in total. The monoisotopic (exact) mass is 831 g/mol. The zero-order chi connectivity index (χ0) is 41.8. The van der Waals surface area contributed by atoms with E-state index in [0.29, 0.717) is 6.61 Å². The molecular formula is C47H91O9P. The van der Waals surface area contributed by atoms with Gasteiger partial charge in [0.15, 0.2) is 0 Å². The number of rotatable bonds is 46. The minimum atomic E-state index is -4.52. The summed E-state index contributed by atoms with van der Waals surface area (Å²) < 4.78 is 33.4. The van der Waals surface area contributed by atoms with Gasteiger partial charge in [-0.15, -0.1) is 0 Å². The van der Waals surface area contributed by atoms with Crippen molar-refractivity contribution in [2.75, 3.05) is 33.0 Å². The summed E-state index contributed by atoms with van der Waals surface area (Å²) in [5.74, 6) is -0.382. The average molecular weight is 831 g/mol. The zero-order valence-electron chi connectivity index (χ0n) is 37.1. The number of ether oxygens (including phenoxy) is 2. The smallest absolute Gasteiger partial charge is 0.457 e. The summed E-state index contributed by atoms with van der Waals surface area (Å²) in [6.45, 7) is 3.52. The highest BCUT2D eigenvalue weighted by Crippen LogP contribution is 2.43. The molecule has 0 rings (SSSR count). The average Bonchev–Trinajstić information content (AvgIpc) is 3.20. The molecule has 0 fully saturated rings. The molecule has 10 heteroatoms. The van der Waals surface area contributed by atoms with E-state index in [-0.39, 0.29) is 25.6 Å². The van der Waals surface area contributed by atoms with Crippen LogP contribution in [0.3, 0.4) is 0 Å². The van der Waals surface area contributed by atoms with Gasteiger partial charge in [0.05, 0.1) is 26.4 Å². The normalized spacial score (nSPS) is 14.1. The molecule has 0 saturated heterocycles. The van der Waals surface area contributed by atoms with Crippen LogP contribution in [-0.2, 0) is 27.9 Å². The van der Waals surface area contributed by atoms with E-state index in [2.05, 4.69) is 38.2 Å². The summed E-state index contributed by atoms with van der Waals surface area (Å²) in [5, 5.41) is 18.4. The molecule has 0 aliphatic carbocycles. The summed E-state index contributed by atoms with van der Waals surface area (Å²) in [5.41, 5.74) is 0. The van der Waals surface area contributed by atoms with Crippen molar-refractivity contribution in [3.05, 3.63) is 24.3 Å². The third-order valence-electron chi connectivity index (χ3n) is 10.4. The highest BCUT2D eigenvalue weighted by Gasteiger charge is 2.26. The highest BCUT2D eigenvalue weighted by molar-refractivity contribution is 7.47. The first-order valence-electron chi connectivity index (χ1n) is 23.8. The second-order valence-corrected chi connectivity index (χ2v) is 17.6. The standard InChI is InChI=1S/C47H91O9P/c1-3-5-7-9-11-13-15-17-19-21-22-23-25-27-29-31-33-35-37-39-47(50)56-46(44-55-57(51,52)54-42-45(49)41-48)43-53-40-38-36-34-32-30-28-26-24-20-18-16-14-12-10-8-6-4-2/h14,16,20,24,45-46,48-49H,3-13,15,17-19,21-23,25-44H2,1-2H3,(H,51,52)/b16-14-,24-20-. The maximum absolute atomic E-state index is 12.7. The number of aliphatic hydroxyl groups excluding tert-OH is 2. The molecule has 0 bridgehead atoms. The van der Waals surface area contributed by atoms with E-state index in [1.54, 1.807) is 0 Å². The molecule has 0 aromatic carbocycles. The molecule has 0 amide bonds. The molecule has 0 aromatic heterocycles. The quantitative estimate of drug-likeness (QED) is 0.0237. The van der Waals surface area contributed by atoms with E-state index in [1.165, 1.54) is 154 Å². The molecule has 0 aliphatic heterocycles. The van der Waals surface area contributed by atoms with Crippen molar-refractivity contribution in [2.45, 2.75) is 238 Å². The fraction of sp³-hybridized carbons (Fsp3) is 0.894. The third kappa shape index (κ3) is 44.3. The lowest BCUT2D eigenvalue weighted by molar-refractivity contribution is -0.154. The van der Waals surface area contributed by atoms with E-state index >= 15 is 0 Å². The van der Waals surface area contributed by atoms with E-state index in [9.17, 15) is 19.4 Å². The van der Waals surface area contributed by atoms with E-state index in [4.69, 9.17) is 23.6 Å².